The molecule has 5 heteroatoms. The number of hydrogen-bond acceptors (Lipinski definition) is 2. The Morgan fingerprint density at radius 2 is 1.71 bits per heavy atom. The van der Waals surface area contributed by atoms with Gasteiger partial charge < -0.3 is 9.88 Å². The van der Waals surface area contributed by atoms with Crippen LogP contribution in [0.3, 0.4) is 0 Å². The first-order chi connectivity index (χ1) is 13.6. The van der Waals surface area contributed by atoms with E-state index in [1.54, 1.807) is 12.1 Å². The molecule has 4 aromatic rings. The van der Waals surface area contributed by atoms with Gasteiger partial charge in [-0.2, -0.15) is 0 Å². The highest BCUT2D eigenvalue weighted by molar-refractivity contribution is 9.10. The van der Waals surface area contributed by atoms with E-state index in [-0.39, 0.29) is 5.91 Å². The SMILES string of the molecule is Cc1ccc(Cn2c(CNC(=O)c3ccc(Br)cc3)nc3ccccc32)cc1. The second-order valence-electron chi connectivity index (χ2n) is 6.78. The van der Waals surface area contributed by atoms with Crippen LogP contribution in [0.5, 0.6) is 0 Å². The van der Waals surface area contributed by atoms with Crippen LogP contribution in [0.2, 0.25) is 0 Å². The quantitative estimate of drug-likeness (QED) is 0.476. The van der Waals surface area contributed by atoms with Gasteiger partial charge in [0.05, 0.1) is 17.6 Å². The van der Waals surface area contributed by atoms with Crippen LogP contribution >= 0.6 is 15.9 Å². The number of nitrogens with one attached hydrogen (secondary N) is 1. The molecule has 0 saturated carbocycles. The van der Waals surface area contributed by atoms with Gasteiger partial charge in [-0.05, 0) is 48.9 Å². The molecule has 0 aliphatic carbocycles. The largest absolute Gasteiger partial charge is 0.345 e. The van der Waals surface area contributed by atoms with Crippen molar-refractivity contribution in [3.63, 3.8) is 0 Å². The fourth-order valence-electron chi connectivity index (χ4n) is 3.18. The van der Waals surface area contributed by atoms with E-state index in [4.69, 9.17) is 4.98 Å². The Morgan fingerprint density at radius 3 is 2.46 bits per heavy atom. The lowest BCUT2D eigenvalue weighted by molar-refractivity contribution is 0.0949. The van der Waals surface area contributed by atoms with Crippen molar-refractivity contribution in [2.75, 3.05) is 0 Å². The van der Waals surface area contributed by atoms with Crippen LogP contribution in [0.25, 0.3) is 11.0 Å². The lowest BCUT2D eigenvalue weighted by Gasteiger charge is -2.11. The van der Waals surface area contributed by atoms with Crippen LogP contribution in [-0.4, -0.2) is 15.5 Å². The normalized spacial score (nSPS) is 10.9. The number of fused-ring (bicyclic) bond motifs is 1. The first-order valence-corrected chi connectivity index (χ1v) is 9.93. The zero-order valence-corrected chi connectivity index (χ0v) is 17.1. The highest BCUT2D eigenvalue weighted by Crippen LogP contribution is 2.18. The smallest absolute Gasteiger partial charge is 0.251 e. The Hall–Kier alpha value is -2.92. The minimum absolute atomic E-state index is 0.110. The molecular weight excluding hydrogens is 414 g/mol. The van der Waals surface area contributed by atoms with Crippen molar-refractivity contribution in [2.24, 2.45) is 0 Å². The van der Waals surface area contributed by atoms with Crippen molar-refractivity contribution in [1.82, 2.24) is 14.9 Å². The minimum Gasteiger partial charge on any atom is -0.345 e. The first-order valence-electron chi connectivity index (χ1n) is 9.13. The monoisotopic (exact) mass is 433 g/mol. The third kappa shape index (κ3) is 3.99. The van der Waals surface area contributed by atoms with Crippen LogP contribution in [0.15, 0.2) is 77.3 Å². The summed E-state index contributed by atoms with van der Waals surface area (Å²) in [5.74, 6) is 0.730. The number of aromatic nitrogens is 2. The van der Waals surface area contributed by atoms with E-state index < -0.39 is 0 Å². The predicted molar refractivity (Wildman–Crippen MR) is 115 cm³/mol. The molecule has 1 amide bonds. The summed E-state index contributed by atoms with van der Waals surface area (Å²) < 4.78 is 3.12. The highest BCUT2D eigenvalue weighted by Gasteiger charge is 2.13. The number of halogens is 1. The molecule has 0 saturated heterocycles. The van der Waals surface area contributed by atoms with Gasteiger partial charge in [-0.25, -0.2) is 4.98 Å². The number of hydrogen-bond donors (Lipinski definition) is 1. The van der Waals surface area contributed by atoms with Gasteiger partial charge in [0.25, 0.3) is 5.91 Å². The maximum Gasteiger partial charge on any atom is 0.251 e. The molecule has 1 aromatic heterocycles. The third-order valence-corrected chi connectivity index (χ3v) is 5.24. The average molecular weight is 434 g/mol. The summed E-state index contributed by atoms with van der Waals surface area (Å²) in [5.41, 5.74) is 5.07. The van der Waals surface area contributed by atoms with Crippen LogP contribution in [0, 0.1) is 6.92 Å². The zero-order chi connectivity index (χ0) is 19.5. The average Bonchev–Trinajstić information content (AvgIpc) is 3.06. The van der Waals surface area contributed by atoms with Crippen molar-refractivity contribution in [3.05, 3.63) is 99.8 Å². The van der Waals surface area contributed by atoms with E-state index in [2.05, 4.69) is 63.1 Å². The molecule has 3 aromatic carbocycles. The molecule has 0 spiro atoms. The van der Waals surface area contributed by atoms with Crippen molar-refractivity contribution in [3.8, 4) is 0 Å². The highest BCUT2D eigenvalue weighted by atomic mass is 79.9. The number of benzene rings is 3. The molecule has 0 radical (unpaired) electrons. The summed E-state index contributed by atoms with van der Waals surface area (Å²) in [5, 5.41) is 2.99. The molecule has 0 aliphatic rings. The molecule has 0 fully saturated rings. The van der Waals surface area contributed by atoms with E-state index in [0.29, 0.717) is 18.7 Å². The van der Waals surface area contributed by atoms with E-state index in [1.807, 2.05) is 30.3 Å². The summed E-state index contributed by atoms with van der Waals surface area (Å²) in [6.07, 6.45) is 0. The van der Waals surface area contributed by atoms with Crippen molar-refractivity contribution in [1.29, 1.82) is 0 Å². The van der Waals surface area contributed by atoms with Crippen LogP contribution in [0.1, 0.15) is 27.3 Å². The minimum atomic E-state index is -0.110. The number of rotatable bonds is 5. The van der Waals surface area contributed by atoms with Gasteiger partial charge in [-0.15, -0.1) is 0 Å². The summed E-state index contributed by atoms with van der Waals surface area (Å²) in [6, 6.07) is 23.9. The van der Waals surface area contributed by atoms with Crippen molar-refractivity contribution in [2.45, 2.75) is 20.0 Å². The van der Waals surface area contributed by atoms with Gasteiger partial charge >= 0.3 is 0 Å². The number of nitrogens with zero attached hydrogens (tertiary/aromatic N) is 2. The number of aryl methyl sites for hydroxylation is 1. The second kappa shape index (κ2) is 7.98. The van der Waals surface area contributed by atoms with Gasteiger partial charge in [-0.3, -0.25) is 4.79 Å². The van der Waals surface area contributed by atoms with E-state index in [9.17, 15) is 4.79 Å². The van der Waals surface area contributed by atoms with Crippen LogP contribution in [0.4, 0.5) is 0 Å². The summed E-state index contributed by atoms with van der Waals surface area (Å²) >= 11 is 3.39. The Labute approximate surface area is 172 Å². The second-order valence-corrected chi connectivity index (χ2v) is 7.69. The van der Waals surface area contributed by atoms with Gasteiger partial charge in [-0.1, -0.05) is 57.9 Å². The molecule has 1 N–H and O–H groups in total. The Bertz CT molecular complexity index is 1120. The molecule has 0 unspecified atom stereocenters. The maximum absolute atomic E-state index is 12.5. The summed E-state index contributed by atoms with van der Waals surface area (Å²) in [7, 11) is 0. The van der Waals surface area contributed by atoms with E-state index in [1.165, 1.54) is 11.1 Å². The summed E-state index contributed by atoms with van der Waals surface area (Å²) in [4.78, 5) is 17.2. The Kier molecular flexibility index (Phi) is 5.26. The number of para-hydroxylation sites is 2. The molecule has 4 rings (SSSR count). The Balaban J connectivity index is 1.60. The topological polar surface area (TPSA) is 46.9 Å². The van der Waals surface area contributed by atoms with E-state index >= 15 is 0 Å². The predicted octanol–water partition coefficient (Wildman–Crippen LogP) is 5.09. The molecule has 0 atom stereocenters. The third-order valence-electron chi connectivity index (χ3n) is 4.71. The lowest BCUT2D eigenvalue weighted by Crippen LogP contribution is -2.24. The Morgan fingerprint density at radius 1 is 1.00 bits per heavy atom. The van der Waals surface area contributed by atoms with Gasteiger partial charge in [0.2, 0.25) is 0 Å². The van der Waals surface area contributed by atoms with Crippen LogP contribution < -0.4 is 5.32 Å². The zero-order valence-electron chi connectivity index (χ0n) is 15.5. The van der Waals surface area contributed by atoms with Crippen LogP contribution in [-0.2, 0) is 13.1 Å². The number of carbonyl (C=O) groups is 1. The molecule has 0 bridgehead atoms. The maximum atomic E-state index is 12.5. The molecule has 1 heterocycles. The summed E-state index contributed by atoms with van der Waals surface area (Å²) in [6.45, 7) is 3.17. The molecule has 28 heavy (non-hydrogen) atoms. The fourth-order valence-corrected chi connectivity index (χ4v) is 3.44. The van der Waals surface area contributed by atoms with Gasteiger partial charge in [0.15, 0.2) is 0 Å². The lowest BCUT2D eigenvalue weighted by atomic mass is 10.1. The van der Waals surface area contributed by atoms with Gasteiger partial charge in [0.1, 0.15) is 5.82 Å². The molecular formula is C23H20BrN3O. The van der Waals surface area contributed by atoms with Gasteiger partial charge in [0, 0.05) is 16.6 Å². The number of imidazole rings is 1. The van der Waals surface area contributed by atoms with Crippen molar-refractivity contribution >= 4 is 32.9 Å². The molecule has 4 nitrogen and oxygen atoms in total. The molecule has 140 valence electrons. The van der Waals surface area contributed by atoms with Crippen molar-refractivity contribution < 1.29 is 4.79 Å². The molecule has 0 aliphatic heterocycles. The number of carbonyl (C=O) groups excluding carboxylic acids is 1. The van der Waals surface area contributed by atoms with E-state index in [0.717, 1.165) is 21.3 Å². The number of amides is 1. The standard InChI is InChI=1S/C23H20BrN3O/c1-16-6-8-17(9-7-16)15-27-21-5-3-2-4-20(21)26-22(27)14-25-23(28)18-10-12-19(24)13-11-18/h2-13H,14-15H2,1H3,(H,25,28). The first kappa shape index (κ1) is 18.4. The fraction of sp³-hybridized carbons (Fsp3) is 0.130.